The molecule has 0 unspecified atom stereocenters. The normalized spacial score (nSPS) is 11.9. The quantitative estimate of drug-likeness (QED) is 0.362. The van der Waals surface area contributed by atoms with Crippen LogP contribution in [-0.4, -0.2) is 35.2 Å². The molecule has 1 amide bonds. The van der Waals surface area contributed by atoms with Crippen LogP contribution < -0.4 is 10.1 Å². The minimum absolute atomic E-state index is 0.0112. The first-order chi connectivity index (χ1) is 14.6. The average molecular weight is 451 g/mol. The van der Waals surface area contributed by atoms with E-state index in [4.69, 9.17) is 25.8 Å². The number of esters is 1. The van der Waals surface area contributed by atoms with Crippen molar-refractivity contribution < 1.29 is 28.7 Å². The first kappa shape index (κ1) is 23.9. The molecule has 0 aromatic heterocycles. The maximum atomic E-state index is 12.6. The summed E-state index contributed by atoms with van der Waals surface area (Å²) in [6.07, 6.45) is -0.869. The van der Waals surface area contributed by atoms with Gasteiger partial charge in [-0.2, -0.15) is 0 Å². The molecule has 2 aromatic rings. The number of nitrogens with zero attached hydrogens (tertiary/aromatic N) is 1. The standard InChI is InChI=1S/C21H23ClN2O7/c1-21(2,3)31-20(26)23-16(19(25)30-12-14-8-5-4-6-9-14)13-29-18-15(22)10-7-11-17(18)24(27)28/h4-11,16H,12-13H2,1-3H3,(H,23,26)/t16-/m0/s1. The van der Waals surface area contributed by atoms with Gasteiger partial charge < -0.3 is 19.5 Å². The Hall–Kier alpha value is -3.33. The van der Waals surface area contributed by atoms with Crippen LogP contribution in [0.25, 0.3) is 0 Å². The first-order valence-electron chi connectivity index (χ1n) is 9.32. The molecular weight excluding hydrogens is 428 g/mol. The van der Waals surface area contributed by atoms with Crippen molar-refractivity contribution in [2.45, 2.75) is 39.0 Å². The summed E-state index contributed by atoms with van der Waals surface area (Å²) in [5.74, 6) is -1.02. The molecule has 0 aliphatic heterocycles. The Kier molecular flexibility index (Phi) is 8.21. The summed E-state index contributed by atoms with van der Waals surface area (Å²) < 4.78 is 15.9. The van der Waals surface area contributed by atoms with Crippen molar-refractivity contribution in [3.8, 4) is 5.75 Å². The van der Waals surface area contributed by atoms with Gasteiger partial charge in [-0.05, 0) is 32.4 Å². The molecule has 0 bridgehead atoms. The zero-order valence-electron chi connectivity index (χ0n) is 17.3. The van der Waals surface area contributed by atoms with E-state index in [1.165, 1.54) is 18.2 Å². The van der Waals surface area contributed by atoms with Gasteiger partial charge >= 0.3 is 17.7 Å². The number of carbonyl (C=O) groups is 2. The van der Waals surface area contributed by atoms with E-state index >= 15 is 0 Å². The van der Waals surface area contributed by atoms with E-state index < -0.39 is 35.2 Å². The van der Waals surface area contributed by atoms with Crippen LogP contribution in [0.4, 0.5) is 10.5 Å². The summed E-state index contributed by atoms with van der Waals surface area (Å²) in [6, 6.07) is 11.7. The fourth-order valence-corrected chi connectivity index (χ4v) is 2.62. The zero-order valence-corrected chi connectivity index (χ0v) is 18.0. The molecule has 0 fully saturated rings. The molecule has 0 saturated carbocycles. The van der Waals surface area contributed by atoms with Crippen LogP contribution in [0.2, 0.25) is 5.02 Å². The van der Waals surface area contributed by atoms with E-state index in [-0.39, 0.29) is 23.1 Å². The predicted octanol–water partition coefficient (Wildman–Crippen LogP) is 4.26. The second-order valence-corrected chi connectivity index (χ2v) is 7.86. The van der Waals surface area contributed by atoms with E-state index in [1.807, 2.05) is 6.07 Å². The van der Waals surface area contributed by atoms with E-state index in [2.05, 4.69) is 5.32 Å². The van der Waals surface area contributed by atoms with Gasteiger partial charge in [-0.15, -0.1) is 0 Å². The van der Waals surface area contributed by atoms with Gasteiger partial charge in [0.15, 0.2) is 6.04 Å². The lowest BCUT2D eigenvalue weighted by Gasteiger charge is -2.23. The molecule has 0 radical (unpaired) electrons. The number of nitro groups is 1. The van der Waals surface area contributed by atoms with E-state index in [1.54, 1.807) is 45.0 Å². The number of hydrogen-bond acceptors (Lipinski definition) is 7. The monoisotopic (exact) mass is 450 g/mol. The third-order valence-corrected chi connectivity index (χ3v) is 4.03. The van der Waals surface area contributed by atoms with E-state index in [9.17, 15) is 19.7 Å². The number of hydrogen-bond donors (Lipinski definition) is 1. The Morgan fingerprint density at radius 2 is 1.81 bits per heavy atom. The molecule has 166 valence electrons. The minimum atomic E-state index is -1.30. The number of nitrogens with one attached hydrogen (secondary N) is 1. The van der Waals surface area contributed by atoms with Crippen LogP contribution >= 0.6 is 11.6 Å². The number of halogens is 1. The number of para-hydroxylation sites is 1. The molecule has 9 nitrogen and oxygen atoms in total. The number of ether oxygens (including phenoxy) is 3. The summed E-state index contributed by atoms with van der Waals surface area (Å²) in [4.78, 5) is 35.3. The van der Waals surface area contributed by atoms with Gasteiger partial charge in [0.2, 0.25) is 5.75 Å². The molecule has 0 spiro atoms. The molecule has 2 aromatic carbocycles. The third-order valence-electron chi connectivity index (χ3n) is 3.74. The number of nitro benzene ring substituents is 1. The highest BCUT2D eigenvalue weighted by Gasteiger charge is 2.28. The number of rotatable bonds is 8. The van der Waals surface area contributed by atoms with Crippen molar-refractivity contribution in [2.75, 3.05) is 6.61 Å². The second kappa shape index (κ2) is 10.6. The topological polar surface area (TPSA) is 117 Å². The van der Waals surface area contributed by atoms with Crippen molar-refractivity contribution in [3.63, 3.8) is 0 Å². The van der Waals surface area contributed by atoms with Crippen LogP contribution in [0.5, 0.6) is 5.75 Å². The lowest BCUT2D eigenvalue weighted by Crippen LogP contribution is -2.47. The van der Waals surface area contributed by atoms with Gasteiger partial charge in [0.1, 0.15) is 18.8 Å². The largest absolute Gasteiger partial charge is 0.483 e. The van der Waals surface area contributed by atoms with Gasteiger partial charge in [-0.3, -0.25) is 10.1 Å². The van der Waals surface area contributed by atoms with Crippen LogP contribution in [0.3, 0.4) is 0 Å². The Labute approximate surface area is 184 Å². The van der Waals surface area contributed by atoms with Gasteiger partial charge in [-0.1, -0.05) is 48.0 Å². The third kappa shape index (κ3) is 7.78. The van der Waals surface area contributed by atoms with Gasteiger partial charge in [-0.25, -0.2) is 9.59 Å². The number of benzene rings is 2. The summed E-state index contributed by atoms with van der Waals surface area (Å²) in [6.45, 7) is 4.51. The highest BCUT2D eigenvalue weighted by atomic mass is 35.5. The molecule has 10 heteroatoms. The molecule has 0 aliphatic carbocycles. The molecule has 0 heterocycles. The summed E-state index contributed by atoms with van der Waals surface area (Å²) in [5.41, 5.74) is -0.430. The predicted molar refractivity (Wildman–Crippen MR) is 113 cm³/mol. The van der Waals surface area contributed by atoms with Crippen molar-refractivity contribution in [1.82, 2.24) is 5.32 Å². The molecule has 1 N–H and O–H groups in total. The smallest absolute Gasteiger partial charge is 0.408 e. The lowest BCUT2D eigenvalue weighted by molar-refractivity contribution is -0.385. The maximum Gasteiger partial charge on any atom is 0.408 e. The highest BCUT2D eigenvalue weighted by molar-refractivity contribution is 6.32. The van der Waals surface area contributed by atoms with Gasteiger partial charge in [0.05, 0.1) is 9.95 Å². The first-order valence-corrected chi connectivity index (χ1v) is 9.70. The molecule has 31 heavy (non-hydrogen) atoms. The van der Waals surface area contributed by atoms with Crippen LogP contribution in [0, 0.1) is 10.1 Å². The molecular formula is C21H23ClN2O7. The van der Waals surface area contributed by atoms with Crippen molar-refractivity contribution in [1.29, 1.82) is 0 Å². The Morgan fingerprint density at radius 1 is 1.13 bits per heavy atom. The number of amides is 1. The Balaban J connectivity index is 2.14. The molecule has 0 aliphatic rings. The van der Waals surface area contributed by atoms with E-state index in [0.29, 0.717) is 0 Å². The van der Waals surface area contributed by atoms with Crippen LogP contribution in [-0.2, 0) is 20.9 Å². The summed E-state index contributed by atoms with van der Waals surface area (Å²) in [5, 5.41) is 13.6. The van der Waals surface area contributed by atoms with Crippen molar-refractivity contribution in [2.24, 2.45) is 0 Å². The fraction of sp³-hybridized carbons (Fsp3) is 0.333. The second-order valence-electron chi connectivity index (χ2n) is 7.45. The SMILES string of the molecule is CC(C)(C)OC(=O)N[C@@H](COc1c(Cl)cccc1[N+](=O)[O-])C(=O)OCc1ccccc1. The Morgan fingerprint density at radius 3 is 2.42 bits per heavy atom. The minimum Gasteiger partial charge on any atom is -0.483 e. The molecule has 1 atom stereocenters. The molecule has 0 saturated heterocycles. The summed E-state index contributed by atoms with van der Waals surface area (Å²) >= 11 is 6.01. The van der Waals surface area contributed by atoms with E-state index in [0.717, 1.165) is 5.56 Å². The zero-order chi connectivity index (χ0) is 23.0. The number of carbonyl (C=O) groups excluding carboxylic acids is 2. The van der Waals surface area contributed by atoms with Gasteiger partial charge in [0.25, 0.3) is 0 Å². The highest BCUT2D eigenvalue weighted by Crippen LogP contribution is 2.34. The van der Waals surface area contributed by atoms with Gasteiger partial charge in [0, 0.05) is 6.07 Å². The van der Waals surface area contributed by atoms with Crippen LogP contribution in [0.1, 0.15) is 26.3 Å². The Bertz CT molecular complexity index is 929. The van der Waals surface area contributed by atoms with Crippen molar-refractivity contribution in [3.05, 3.63) is 69.2 Å². The molecule has 2 rings (SSSR count). The maximum absolute atomic E-state index is 12.6. The lowest BCUT2D eigenvalue weighted by atomic mass is 10.2. The fourth-order valence-electron chi connectivity index (χ4n) is 2.40. The number of alkyl carbamates (subject to hydrolysis) is 1. The van der Waals surface area contributed by atoms with Crippen LogP contribution in [0.15, 0.2) is 48.5 Å². The summed E-state index contributed by atoms with van der Waals surface area (Å²) in [7, 11) is 0. The average Bonchev–Trinajstić information content (AvgIpc) is 2.69. The van der Waals surface area contributed by atoms with Crippen molar-refractivity contribution >= 4 is 29.4 Å².